The van der Waals surface area contributed by atoms with Gasteiger partial charge in [0.1, 0.15) is 5.82 Å². The summed E-state index contributed by atoms with van der Waals surface area (Å²) in [5, 5.41) is 11.3. The van der Waals surface area contributed by atoms with Crippen molar-refractivity contribution in [1.82, 2.24) is 15.1 Å². The lowest BCUT2D eigenvalue weighted by Crippen LogP contribution is -2.23. The molecule has 4 nitrogen and oxygen atoms in total. The molecule has 0 spiro atoms. The van der Waals surface area contributed by atoms with E-state index in [4.69, 9.17) is 0 Å². The van der Waals surface area contributed by atoms with Gasteiger partial charge in [-0.3, -0.25) is 0 Å². The van der Waals surface area contributed by atoms with Gasteiger partial charge in [-0.1, -0.05) is 18.2 Å². The Morgan fingerprint density at radius 3 is 2.88 bits per heavy atom. The zero-order chi connectivity index (χ0) is 11.7. The van der Waals surface area contributed by atoms with Gasteiger partial charge in [0, 0.05) is 19.2 Å². The first-order chi connectivity index (χ1) is 8.40. The minimum atomic E-state index is 0.865. The molecule has 0 saturated carbocycles. The van der Waals surface area contributed by atoms with Crippen molar-refractivity contribution in [2.45, 2.75) is 13.0 Å². The van der Waals surface area contributed by atoms with Crippen molar-refractivity contribution >= 4 is 5.82 Å². The summed E-state index contributed by atoms with van der Waals surface area (Å²) in [6.07, 6.45) is 1.04. The molecule has 2 N–H and O–H groups in total. The smallest absolute Gasteiger partial charge is 0.133 e. The highest BCUT2D eigenvalue weighted by Crippen LogP contribution is 2.25. The lowest BCUT2D eigenvalue weighted by atomic mass is 10.1. The fraction of sp³-hybridized carbons (Fsp3) is 0.308. The van der Waals surface area contributed by atoms with Gasteiger partial charge < -0.3 is 10.6 Å². The van der Waals surface area contributed by atoms with Crippen molar-refractivity contribution in [1.29, 1.82) is 0 Å². The SMILES string of the molecule is CNc1c2c(nn1-c1ccccc1)CNCC2. The van der Waals surface area contributed by atoms with Gasteiger partial charge in [0.05, 0.1) is 11.4 Å². The van der Waals surface area contributed by atoms with E-state index in [-0.39, 0.29) is 0 Å². The summed E-state index contributed by atoms with van der Waals surface area (Å²) in [7, 11) is 1.96. The molecule has 0 amide bonds. The Morgan fingerprint density at radius 2 is 2.12 bits per heavy atom. The van der Waals surface area contributed by atoms with Crippen LogP contribution < -0.4 is 10.6 Å². The predicted molar refractivity (Wildman–Crippen MR) is 68.5 cm³/mol. The lowest BCUT2D eigenvalue weighted by molar-refractivity contribution is 0.629. The average molecular weight is 228 g/mol. The Kier molecular flexibility index (Phi) is 2.57. The van der Waals surface area contributed by atoms with E-state index in [1.165, 1.54) is 5.56 Å². The van der Waals surface area contributed by atoms with E-state index in [0.29, 0.717) is 0 Å². The maximum Gasteiger partial charge on any atom is 0.133 e. The quantitative estimate of drug-likeness (QED) is 0.819. The fourth-order valence-corrected chi connectivity index (χ4v) is 2.33. The lowest BCUT2D eigenvalue weighted by Gasteiger charge is -2.12. The molecule has 2 heterocycles. The molecule has 2 aromatic rings. The van der Waals surface area contributed by atoms with Crippen LogP contribution in [0.5, 0.6) is 0 Å². The van der Waals surface area contributed by atoms with Crippen LogP contribution in [0.25, 0.3) is 5.69 Å². The van der Waals surface area contributed by atoms with E-state index >= 15 is 0 Å². The second-order valence-electron chi connectivity index (χ2n) is 4.20. The number of rotatable bonds is 2. The van der Waals surface area contributed by atoms with Gasteiger partial charge in [0.25, 0.3) is 0 Å². The first-order valence-electron chi connectivity index (χ1n) is 5.95. The number of para-hydroxylation sites is 1. The predicted octanol–water partition coefficient (Wildman–Crippen LogP) is 1.56. The highest BCUT2D eigenvalue weighted by atomic mass is 15.3. The molecule has 1 aromatic carbocycles. The summed E-state index contributed by atoms with van der Waals surface area (Å²) in [6.45, 7) is 1.89. The monoisotopic (exact) mass is 228 g/mol. The van der Waals surface area contributed by atoms with Crippen LogP contribution in [-0.2, 0) is 13.0 Å². The molecule has 0 unspecified atom stereocenters. The first-order valence-corrected chi connectivity index (χ1v) is 5.95. The third-order valence-corrected chi connectivity index (χ3v) is 3.15. The number of aromatic nitrogens is 2. The summed E-state index contributed by atoms with van der Waals surface area (Å²) in [6, 6.07) is 10.2. The number of nitrogens with zero attached hydrogens (tertiary/aromatic N) is 2. The summed E-state index contributed by atoms with van der Waals surface area (Å²) in [5.41, 5.74) is 3.60. The highest BCUT2D eigenvalue weighted by Gasteiger charge is 2.19. The van der Waals surface area contributed by atoms with Crippen LogP contribution in [0.3, 0.4) is 0 Å². The Hall–Kier alpha value is -1.81. The van der Waals surface area contributed by atoms with E-state index in [0.717, 1.165) is 36.7 Å². The van der Waals surface area contributed by atoms with E-state index in [9.17, 15) is 0 Å². The summed E-state index contributed by atoms with van der Waals surface area (Å²) < 4.78 is 2.00. The Morgan fingerprint density at radius 1 is 1.29 bits per heavy atom. The molecule has 0 radical (unpaired) electrons. The summed E-state index contributed by atoms with van der Waals surface area (Å²) >= 11 is 0. The largest absolute Gasteiger partial charge is 0.373 e. The van der Waals surface area contributed by atoms with Crippen LogP contribution >= 0.6 is 0 Å². The third kappa shape index (κ3) is 1.70. The van der Waals surface area contributed by atoms with E-state index in [1.807, 2.05) is 29.9 Å². The summed E-state index contributed by atoms with van der Waals surface area (Å²) in [5.74, 6) is 1.12. The average Bonchev–Trinajstić information content (AvgIpc) is 2.78. The Balaban J connectivity index is 2.14. The standard InChI is InChI=1S/C13H16N4/c1-14-13-11-7-8-15-9-12(11)16-17(13)10-5-3-2-4-6-10/h2-6,14-15H,7-9H2,1H3. The number of anilines is 1. The van der Waals surface area contributed by atoms with E-state index < -0.39 is 0 Å². The third-order valence-electron chi connectivity index (χ3n) is 3.15. The van der Waals surface area contributed by atoms with Crippen LogP contribution in [-0.4, -0.2) is 23.4 Å². The molecule has 1 aliphatic rings. The molecule has 0 atom stereocenters. The van der Waals surface area contributed by atoms with Gasteiger partial charge in [-0.2, -0.15) is 5.10 Å². The normalized spacial score (nSPS) is 14.4. The van der Waals surface area contributed by atoms with Gasteiger partial charge in [0.2, 0.25) is 0 Å². The number of hydrogen-bond donors (Lipinski definition) is 2. The maximum absolute atomic E-state index is 4.68. The zero-order valence-corrected chi connectivity index (χ0v) is 9.90. The van der Waals surface area contributed by atoms with Crippen LogP contribution in [0.15, 0.2) is 30.3 Å². The minimum Gasteiger partial charge on any atom is -0.373 e. The molecule has 0 bridgehead atoms. The van der Waals surface area contributed by atoms with Crippen molar-refractivity contribution in [3.05, 3.63) is 41.6 Å². The van der Waals surface area contributed by atoms with Crippen molar-refractivity contribution in [2.24, 2.45) is 0 Å². The second-order valence-corrected chi connectivity index (χ2v) is 4.20. The first kappa shape index (κ1) is 10.4. The van der Waals surface area contributed by atoms with Gasteiger partial charge in [0.15, 0.2) is 0 Å². The molecule has 88 valence electrons. The van der Waals surface area contributed by atoms with Crippen LogP contribution in [0.2, 0.25) is 0 Å². The Bertz CT molecular complexity index is 516. The molecule has 4 heteroatoms. The molecular formula is C13H16N4. The topological polar surface area (TPSA) is 41.9 Å². The van der Waals surface area contributed by atoms with Gasteiger partial charge >= 0.3 is 0 Å². The molecule has 0 fully saturated rings. The molecule has 3 rings (SSSR count). The number of fused-ring (bicyclic) bond motifs is 1. The van der Waals surface area contributed by atoms with Gasteiger partial charge in [-0.05, 0) is 25.1 Å². The van der Waals surface area contributed by atoms with Gasteiger partial charge in [-0.25, -0.2) is 4.68 Å². The minimum absolute atomic E-state index is 0.865. The van der Waals surface area contributed by atoms with Crippen molar-refractivity contribution in [3.63, 3.8) is 0 Å². The second kappa shape index (κ2) is 4.22. The number of nitrogens with one attached hydrogen (secondary N) is 2. The van der Waals surface area contributed by atoms with Crippen LogP contribution in [0.1, 0.15) is 11.3 Å². The molecule has 17 heavy (non-hydrogen) atoms. The van der Waals surface area contributed by atoms with E-state index in [1.54, 1.807) is 0 Å². The number of hydrogen-bond acceptors (Lipinski definition) is 3. The maximum atomic E-state index is 4.68. The van der Waals surface area contributed by atoms with Crippen molar-refractivity contribution in [3.8, 4) is 5.69 Å². The molecule has 1 aromatic heterocycles. The van der Waals surface area contributed by atoms with Crippen molar-refractivity contribution < 1.29 is 0 Å². The van der Waals surface area contributed by atoms with Crippen molar-refractivity contribution in [2.75, 3.05) is 18.9 Å². The Labute approximate surface area is 101 Å². The zero-order valence-electron chi connectivity index (χ0n) is 9.90. The fourth-order valence-electron chi connectivity index (χ4n) is 2.33. The van der Waals surface area contributed by atoms with E-state index in [2.05, 4.69) is 27.9 Å². The summed E-state index contributed by atoms with van der Waals surface area (Å²) in [4.78, 5) is 0. The van der Waals surface area contributed by atoms with Gasteiger partial charge in [-0.15, -0.1) is 0 Å². The van der Waals surface area contributed by atoms with Crippen LogP contribution in [0.4, 0.5) is 5.82 Å². The number of benzene rings is 1. The molecule has 0 saturated heterocycles. The molecule has 0 aliphatic carbocycles. The molecular weight excluding hydrogens is 212 g/mol. The highest BCUT2D eigenvalue weighted by molar-refractivity contribution is 5.53. The molecule has 1 aliphatic heterocycles. The van der Waals surface area contributed by atoms with Crippen LogP contribution in [0, 0.1) is 0 Å².